The molecule has 1 aromatic carbocycles. The Morgan fingerprint density at radius 1 is 1.10 bits per heavy atom. The first-order valence-electron chi connectivity index (χ1n) is 9.63. The minimum absolute atomic E-state index is 0.0133. The first-order chi connectivity index (χ1) is 14.1. The van der Waals surface area contributed by atoms with E-state index in [9.17, 15) is 14.4 Å². The lowest BCUT2D eigenvalue weighted by Gasteiger charge is -2.25. The van der Waals surface area contributed by atoms with E-state index >= 15 is 0 Å². The molecule has 146 valence electrons. The summed E-state index contributed by atoms with van der Waals surface area (Å²) in [5.74, 6) is 0.558. The number of amides is 2. The van der Waals surface area contributed by atoms with Crippen LogP contribution in [0.4, 0.5) is 5.82 Å². The third-order valence-corrected chi connectivity index (χ3v) is 5.22. The van der Waals surface area contributed by atoms with Crippen LogP contribution in [0.1, 0.15) is 39.9 Å². The molecule has 2 aliphatic rings. The largest absolute Gasteiger partial charge is 0.335 e. The third-order valence-electron chi connectivity index (χ3n) is 5.22. The Balaban J connectivity index is 1.38. The summed E-state index contributed by atoms with van der Waals surface area (Å²) in [4.78, 5) is 40.8. The van der Waals surface area contributed by atoms with Crippen molar-refractivity contribution in [2.24, 2.45) is 0 Å². The van der Waals surface area contributed by atoms with E-state index in [-0.39, 0.29) is 11.8 Å². The van der Waals surface area contributed by atoms with Crippen LogP contribution in [0.15, 0.2) is 48.7 Å². The average Bonchev–Trinajstić information content (AvgIpc) is 2.77. The van der Waals surface area contributed by atoms with E-state index in [1.165, 1.54) is 5.57 Å². The van der Waals surface area contributed by atoms with Crippen LogP contribution in [-0.4, -0.2) is 41.1 Å². The number of nitrogens with one attached hydrogen (secondary N) is 1. The van der Waals surface area contributed by atoms with Crippen LogP contribution in [0.5, 0.6) is 0 Å². The highest BCUT2D eigenvalue weighted by Gasteiger charge is 2.17. The Morgan fingerprint density at radius 3 is 2.66 bits per heavy atom. The van der Waals surface area contributed by atoms with Gasteiger partial charge < -0.3 is 10.2 Å². The lowest BCUT2D eigenvalue weighted by atomic mass is 9.98. The summed E-state index contributed by atoms with van der Waals surface area (Å²) in [5, 5.41) is 2.75. The topological polar surface area (TPSA) is 79.4 Å². The predicted molar refractivity (Wildman–Crippen MR) is 111 cm³/mol. The molecule has 29 heavy (non-hydrogen) atoms. The molecule has 0 aliphatic carbocycles. The maximum absolute atomic E-state index is 12.5. The second-order valence-corrected chi connectivity index (χ2v) is 7.16. The van der Waals surface area contributed by atoms with E-state index < -0.39 is 0 Å². The van der Waals surface area contributed by atoms with Gasteiger partial charge in [0.25, 0.3) is 0 Å². The number of hydrogen-bond acceptors (Lipinski definition) is 4. The average molecular weight is 387 g/mol. The number of nitrogens with zero attached hydrogens (tertiary/aromatic N) is 2. The standard InChI is InChI=1S/C23H21N3O3/c27-15-16-1-4-18(5-2-16)19-9-11-26(12-10-19)22(29)8-3-17-13-20-6-7-21(28)25-23(20)24-14-17/h1-5,8-9,13-15H,6-7,10-12H2,(H,24,25,28)/b8-3+. The van der Waals surface area contributed by atoms with Gasteiger partial charge in [0.05, 0.1) is 0 Å². The molecular formula is C23H21N3O3. The normalized spacial score (nSPS) is 16.2. The number of aldehydes is 1. The van der Waals surface area contributed by atoms with E-state index in [1.807, 2.05) is 30.3 Å². The molecule has 2 aliphatic heterocycles. The second-order valence-electron chi connectivity index (χ2n) is 7.16. The highest BCUT2D eigenvalue weighted by molar-refractivity contribution is 5.94. The highest BCUT2D eigenvalue weighted by atomic mass is 16.2. The van der Waals surface area contributed by atoms with Crippen molar-refractivity contribution >= 4 is 35.6 Å². The maximum Gasteiger partial charge on any atom is 0.246 e. The summed E-state index contributed by atoms with van der Waals surface area (Å²) < 4.78 is 0. The molecule has 0 saturated carbocycles. The van der Waals surface area contributed by atoms with Crippen LogP contribution < -0.4 is 5.32 Å². The van der Waals surface area contributed by atoms with Gasteiger partial charge in [0.15, 0.2) is 0 Å². The molecule has 0 saturated heterocycles. The number of pyridine rings is 1. The van der Waals surface area contributed by atoms with Gasteiger partial charge in [-0.1, -0.05) is 30.3 Å². The van der Waals surface area contributed by atoms with Crippen LogP contribution in [0.25, 0.3) is 11.6 Å². The molecule has 1 N–H and O–H groups in total. The summed E-state index contributed by atoms with van der Waals surface area (Å²) in [5.41, 5.74) is 4.77. The number of benzene rings is 1. The lowest BCUT2D eigenvalue weighted by Crippen LogP contribution is -2.33. The number of fused-ring (bicyclic) bond motifs is 1. The SMILES string of the molecule is O=Cc1ccc(C2=CCN(C(=O)/C=C/c3cnc4c(c3)CCC(=O)N4)CC2)cc1. The molecule has 0 atom stereocenters. The highest BCUT2D eigenvalue weighted by Crippen LogP contribution is 2.23. The van der Waals surface area contributed by atoms with Gasteiger partial charge in [-0.05, 0) is 47.2 Å². The van der Waals surface area contributed by atoms with E-state index in [0.29, 0.717) is 37.3 Å². The van der Waals surface area contributed by atoms with Crippen LogP contribution in [0, 0.1) is 0 Å². The van der Waals surface area contributed by atoms with Crippen LogP contribution >= 0.6 is 0 Å². The van der Waals surface area contributed by atoms with Crippen LogP contribution in [0.2, 0.25) is 0 Å². The molecular weight excluding hydrogens is 366 g/mol. The number of carbonyl (C=O) groups is 3. The quantitative estimate of drug-likeness (QED) is 0.646. The molecule has 4 rings (SSSR count). The molecule has 6 heteroatoms. The van der Waals surface area contributed by atoms with Crippen molar-refractivity contribution in [3.63, 3.8) is 0 Å². The van der Waals surface area contributed by atoms with Crippen molar-refractivity contribution in [3.05, 3.63) is 70.9 Å². The van der Waals surface area contributed by atoms with Crippen LogP contribution in [0.3, 0.4) is 0 Å². The predicted octanol–water partition coefficient (Wildman–Crippen LogP) is 3.11. The molecule has 0 bridgehead atoms. The van der Waals surface area contributed by atoms with E-state index in [1.54, 1.807) is 23.2 Å². The monoisotopic (exact) mass is 387 g/mol. The number of aromatic nitrogens is 1. The number of aryl methyl sites for hydroxylation is 1. The molecule has 6 nitrogen and oxygen atoms in total. The van der Waals surface area contributed by atoms with E-state index in [4.69, 9.17) is 0 Å². The molecule has 3 heterocycles. The molecule has 0 spiro atoms. The number of rotatable bonds is 4. The Morgan fingerprint density at radius 2 is 1.93 bits per heavy atom. The molecule has 2 amide bonds. The van der Waals surface area contributed by atoms with Gasteiger partial charge in [-0.15, -0.1) is 0 Å². The molecule has 2 aromatic rings. The van der Waals surface area contributed by atoms with Crippen molar-refractivity contribution in [1.29, 1.82) is 0 Å². The molecule has 0 fully saturated rings. The van der Waals surface area contributed by atoms with E-state index in [2.05, 4.69) is 16.4 Å². The summed E-state index contributed by atoms with van der Waals surface area (Å²) in [6.07, 6.45) is 9.80. The number of hydrogen-bond donors (Lipinski definition) is 1. The zero-order chi connectivity index (χ0) is 20.2. The van der Waals surface area contributed by atoms with Gasteiger partial charge >= 0.3 is 0 Å². The Kier molecular flexibility index (Phi) is 5.33. The summed E-state index contributed by atoms with van der Waals surface area (Å²) in [7, 11) is 0. The summed E-state index contributed by atoms with van der Waals surface area (Å²) >= 11 is 0. The fourth-order valence-electron chi connectivity index (χ4n) is 3.55. The fourth-order valence-corrected chi connectivity index (χ4v) is 3.55. The number of carbonyl (C=O) groups excluding carboxylic acids is 3. The Hall–Kier alpha value is -3.54. The van der Waals surface area contributed by atoms with Crippen molar-refractivity contribution in [1.82, 2.24) is 9.88 Å². The van der Waals surface area contributed by atoms with Crippen molar-refractivity contribution in [2.75, 3.05) is 18.4 Å². The smallest absolute Gasteiger partial charge is 0.246 e. The fraction of sp³-hybridized carbons (Fsp3) is 0.217. The first kappa shape index (κ1) is 18.8. The lowest BCUT2D eigenvalue weighted by molar-refractivity contribution is -0.125. The van der Waals surface area contributed by atoms with Gasteiger partial charge in [0, 0.05) is 37.3 Å². The Bertz CT molecular complexity index is 1020. The van der Waals surface area contributed by atoms with Crippen LogP contribution in [-0.2, 0) is 16.0 Å². The number of anilines is 1. The van der Waals surface area contributed by atoms with Crippen molar-refractivity contribution in [3.8, 4) is 0 Å². The summed E-state index contributed by atoms with van der Waals surface area (Å²) in [6, 6.07) is 9.46. The minimum atomic E-state index is -0.0392. The van der Waals surface area contributed by atoms with Gasteiger partial charge in [-0.3, -0.25) is 14.4 Å². The van der Waals surface area contributed by atoms with Gasteiger partial charge in [0.2, 0.25) is 11.8 Å². The van der Waals surface area contributed by atoms with Gasteiger partial charge in [-0.25, -0.2) is 4.98 Å². The van der Waals surface area contributed by atoms with E-state index in [0.717, 1.165) is 29.4 Å². The molecule has 0 unspecified atom stereocenters. The first-order valence-corrected chi connectivity index (χ1v) is 9.63. The zero-order valence-electron chi connectivity index (χ0n) is 15.9. The molecule has 0 radical (unpaired) electrons. The van der Waals surface area contributed by atoms with Gasteiger partial charge in [0.1, 0.15) is 12.1 Å². The zero-order valence-corrected chi connectivity index (χ0v) is 15.9. The van der Waals surface area contributed by atoms with Crippen molar-refractivity contribution < 1.29 is 14.4 Å². The maximum atomic E-state index is 12.5. The molecule has 1 aromatic heterocycles. The summed E-state index contributed by atoms with van der Waals surface area (Å²) in [6.45, 7) is 1.21. The Labute approximate surface area is 168 Å². The third kappa shape index (κ3) is 4.32. The van der Waals surface area contributed by atoms with Crippen molar-refractivity contribution in [2.45, 2.75) is 19.3 Å². The second kappa shape index (κ2) is 8.22. The van der Waals surface area contributed by atoms with Gasteiger partial charge in [-0.2, -0.15) is 0 Å². The minimum Gasteiger partial charge on any atom is -0.335 e.